The van der Waals surface area contributed by atoms with E-state index in [0.717, 1.165) is 34.4 Å². The van der Waals surface area contributed by atoms with Gasteiger partial charge in [-0.25, -0.2) is 8.78 Å². The van der Waals surface area contributed by atoms with Crippen LogP contribution in [0.3, 0.4) is 0 Å². The van der Waals surface area contributed by atoms with Crippen molar-refractivity contribution in [2.75, 3.05) is 6.61 Å². The zero-order valence-corrected chi connectivity index (χ0v) is 18.3. The Morgan fingerprint density at radius 2 is 1.50 bits per heavy atom. The van der Waals surface area contributed by atoms with Crippen molar-refractivity contribution in [2.24, 2.45) is 0 Å². The monoisotopic (exact) mass is 472 g/mol. The normalized spacial score (nSPS) is 11.6. The van der Waals surface area contributed by atoms with Crippen molar-refractivity contribution in [1.82, 2.24) is 0 Å². The topological polar surface area (TPSA) is 18.5 Å². The summed E-state index contributed by atoms with van der Waals surface area (Å²) in [5, 5.41) is 1.21. The summed E-state index contributed by atoms with van der Waals surface area (Å²) < 4.78 is 75.0. The predicted octanol–water partition coefficient (Wildman–Crippen LogP) is 7.87. The largest absolute Gasteiger partial charge is 0.573 e. The van der Waals surface area contributed by atoms with E-state index >= 15 is 4.39 Å². The number of alkyl halides is 3. The van der Waals surface area contributed by atoms with Crippen LogP contribution in [0.5, 0.6) is 11.5 Å². The standard InChI is InChI=1S/C27H21F5O2/c1-2-33-22-11-8-18(9-12-22)20-10-13-23-21(16-20)7-6-19(26(23)29)5-3-17-4-14-25(24(28)15-17)34-27(30,31)32/h4,6-16H,2-3,5H2,1H3. The highest BCUT2D eigenvalue weighted by Crippen LogP contribution is 2.30. The minimum Gasteiger partial charge on any atom is -0.494 e. The molecule has 0 saturated heterocycles. The lowest BCUT2D eigenvalue weighted by Gasteiger charge is -2.11. The van der Waals surface area contributed by atoms with Crippen molar-refractivity contribution in [3.05, 3.63) is 95.6 Å². The summed E-state index contributed by atoms with van der Waals surface area (Å²) in [6.45, 7) is 2.51. The van der Waals surface area contributed by atoms with Crippen LogP contribution in [0.2, 0.25) is 0 Å². The fourth-order valence-corrected chi connectivity index (χ4v) is 3.81. The maximum Gasteiger partial charge on any atom is 0.573 e. The molecule has 0 aliphatic heterocycles. The Labute approximate surface area is 193 Å². The summed E-state index contributed by atoms with van der Waals surface area (Å²) in [5.74, 6) is -1.59. The molecule has 0 aromatic heterocycles. The summed E-state index contributed by atoms with van der Waals surface area (Å²) in [5.41, 5.74) is 2.81. The Bertz CT molecular complexity index is 1300. The highest BCUT2D eigenvalue weighted by Gasteiger charge is 2.32. The number of hydrogen-bond acceptors (Lipinski definition) is 2. The van der Waals surface area contributed by atoms with E-state index in [1.807, 2.05) is 49.4 Å². The van der Waals surface area contributed by atoms with Crippen LogP contribution in [0.15, 0.2) is 72.8 Å². The minimum atomic E-state index is -4.97. The molecule has 0 unspecified atom stereocenters. The van der Waals surface area contributed by atoms with Gasteiger partial charge in [0, 0.05) is 5.39 Å². The van der Waals surface area contributed by atoms with Gasteiger partial charge in [-0.15, -0.1) is 13.2 Å². The van der Waals surface area contributed by atoms with E-state index in [1.165, 1.54) is 6.07 Å². The molecule has 0 saturated carbocycles. The van der Waals surface area contributed by atoms with Gasteiger partial charge in [0.15, 0.2) is 11.6 Å². The van der Waals surface area contributed by atoms with Gasteiger partial charge >= 0.3 is 6.36 Å². The third-order valence-electron chi connectivity index (χ3n) is 5.44. The van der Waals surface area contributed by atoms with Crippen molar-refractivity contribution in [1.29, 1.82) is 0 Å². The molecule has 4 aromatic rings. The number of benzene rings is 4. The van der Waals surface area contributed by atoms with Gasteiger partial charge in [-0.05, 0) is 77.7 Å². The van der Waals surface area contributed by atoms with E-state index in [4.69, 9.17) is 4.74 Å². The molecule has 0 atom stereocenters. The maximum absolute atomic E-state index is 15.1. The molecule has 2 nitrogen and oxygen atoms in total. The summed E-state index contributed by atoms with van der Waals surface area (Å²) in [4.78, 5) is 0. The van der Waals surface area contributed by atoms with Crippen LogP contribution in [0, 0.1) is 11.6 Å². The van der Waals surface area contributed by atoms with E-state index in [-0.39, 0.29) is 18.7 Å². The van der Waals surface area contributed by atoms with Crippen LogP contribution in [0.1, 0.15) is 18.1 Å². The third-order valence-corrected chi connectivity index (χ3v) is 5.44. The highest BCUT2D eigenvalue weighted by atomic mass is 19.4. The summed E-state index contributed by atoms with van der Waals surface area (Å²) >= 11 is 0. The smallest absolute Gasteiger partial charge is 0.494 e. The van der Waals surface area contributed by atoms with Crippen LogP contribution >= 0.6 is 0 Å². The summed E-state index contributed by atoms with van der Waals surface area (Å²) in [6.07, 6.45) is -4.44. The van der Waals surface area contributed by atoms with Crippen LogP contribution < -0.4 is 9.47 Å². The molecule has 4 aromatic carbocycles. The van der Waals surface area contributed by atoms with E-state index in [0.29, 0.717) is 23.1 Å². The van der Waals surface area contributed by atoms with E-state index in [9.17, 15) is 17.6 Å². The third kappa shape index (κ3) is 5.47. The molecular formula is C27H21F5O2. The lowest BCUT2D eigenvalue weighted by atomic mass is 9.97. The molecule has 4 rings (SSSR count). The van der Waals surface area contributed by atoms with Crippen molar-refractivity contribution in [3.63, 3.8) is 0 Å². The van der Waals surface area contributed by atoms with Gasteiger partial charge < -0.3 is 9.47 Å². The van der Waals surface area contributed by atoms with Gasteiger partial charge in [-0.3, -0.25) is 0 Å². The minimum absolute atomic E-state index is 0.260. The Morgan fingerprint density at radius 3 is 2.18 bits per heavy atom. The molecule has 0 radical (unpaired) electrons. The second kappa shape index (κ2) is 9.71. The number of aryl methyl sites for hydroxylation is 2. The number of fused-ring (bicyclic) bond motifs is 1. The van der Waals surface area contributed by atoms with Crippen LogP contribution in [-0.2, 0) is 12.8 Å². The molecule has 0 heterocycles. The van der Waals surface area contributed by atoms with E-state index in [1.54, 1.807) is 12.1 Å². The van der Waals surface area contributed by atoms with Gasteiger partial charge in [0.05, 0.1) is 6.61 Å². The fraction of sp³-hybridized carbons (Fsp3) is 0.185. The van der Waals surface area contributed by atoms with Crippen molar-refractivity contribution in [3.8, 4) is 22.6 Å². The SMILES string of the molecule is CCOc1ccc(-c2ccc3c(F)c(CCc4ccc(OC(F)(F)F)c(F)c4)ccc3c2)cc1. The second-order valence-electron chi connectivity index (χ2n) is 7.74. The number of rotatable bonds is 7. The Morgan fingerprint density at radius 1 is 0.765 bits per heavy atom. The molecule has 0 spiro atoms. The van der Waals surface area contributed by atoms with Gasteiger partial charge in [-0.2, -0.15) is 0 Å². The highest BCUT2D eigenvalue weighted by molar-refractivity contribution is 5.88. The second-order valence-corrected chi connectivity index (χ2v) is 7.74. The molecule has 7 heteroatoms. The van der Waals surface area contributed by atoms with E-state index < -0.39 is 17.9 Å². The Balaban J connectivity index is 1.50. The molecule has 0 fully saturated rings. The first-order valence-electron chi connectivity index (χ1n) is 10.7. The van der Waals surface area contributed by atoms with Crippen molar-refractivity contribution < 1.29 is 31.4 Å². The molecule has 176 valence electrons. The average molecular weight is 472 g/mol. The van der Waals surface area contributed by atoms with Gasteiger partial charge in [0.25, 0.3) is 0 Å². The lowest BCUT2D eigenvalue weighted by molar-refractivity contribution is -0.275. The molecule has 0 N–H and O–H groups in total. The van der Waals surface area contributed by atoms with Crippen LogP contribution in [-0.4, -0.2) is 13.0 Å². The van der Waals surface area contributed by atoms with Gasteiger partial charge in [0.1, 0.15) is 11.6 Å². The molecule has 0 bridgehead atoms. The van der Waals surface area contributed by atoms with Crippen molar-refractivity contribution in [2.45, 2.75) is 26.1 Å². The zero-order valence-electron chi connectivity index (χ0n) is 18.3. The van der Waals surface area contributed by atoms with Gasteiger partial charge in [-0.1, -0.05) is 42.5 Å². The average Bonchev–Trinajstić information content (AvgIpc) is 2.80. The Hall–Kier alpha value is -3.61. The molecule has 0 aliphatic carbocycles. The quantitative estimate of drug-likeness (QED) is 0.255. The molecular weight excluding hydrogens is 451 g/mol. The molecule has 0 amide bonds. The zero-order chi connectivity index (χ0) is 24.3. The number of hydrogen-bond donors (Lipinski definition) is 0. The van der Waals surface area contributed by atoms with E-state index in [2.05, 4.69) is 4.74 Å². The first-order chi connectivity index (χ1) is 16.2. The first-order valence-corrected chi connectivity index (χ1v) is 10.7. The van der Waals surface area contributed by atoms with Crippen molar-refractivity contribution >= 4 is 10.8 Å². The lowest BCUT2D eigenvalue weighted by Crippen LogP contribution is -2.18. The summed E-state index contributed by atoms with van der Waals surface area (Å²) in [7, 11) is 0. The number of halogens is 5. The predicted molar refractivity (Wildman–Crippen MR) is 121 cm³/mol. The molecule has 34 heavy (non-hydrogen) atoms. The van der Waals surface area contributed by atoms with Gasteiger partial charge in [0.2, 0.25) is 0 Å². The first kappa shape index (κ1) is 23.5. The van der Waals surface area contributed by atoms with Crippen LogP contribution in [0.4, 0.5) is 22.0 Å². The maximum atomic E-state index is 15.1. The summed E-state index contributed by atoms with van der Waals surface area (Å²) in [6, 6.07) is 19.9. The van der Waals surface area contributed by atoms with Crippen LogP contribution in [0.25, 0.3) is 21.9 Å². The Kier molecular flexibility index (Phi) is 6.72. The number of ether oxygens (including phenoxy) is 2. The molecule has 0 aliphatic rings. The fourth-order valence-electron chi connectivity index (χ4n) is 3.81.